The summed E-state index contributed by atoms with van der Waals surface area (Å²) in [5, 5.41) is 23.2. The Kier molecular flexibility index (Phi) is 10.5. The summed E-state index contributed by atoms with van der Waals surface area (Å²) >= 11 is 6.11. The van der Waals surface area contributed by atoms with Gasteiger partial charge in [0.15, 0.2) is 0 Å². The third kappa shape index (κ3) is 8.84. The Morgan fingerprint density at radius 1 is 0.977 bits per heavy atom. The molecule has 4 aromatic rings. The fourth-order valence-electron chi connectivity index (χ4n) is 4.38. The lowest BCUT2D eigenvalue weighted by Gasteiger charge is -2.23. The molecule has 0 saturated carbocycles. The molecule has 0 bridgehead atoms. The van der Waals surface area contributed by atoms with Crippen LogP contribution in [-0.2, 0) is 22.2 Å². The van der Waals surface area contributed by atoms with Gasteiger partial charge in [-0.25, -0.2) is 14.9 Å². The van der Waals surface area contributed by atoms with Gasteiger partial charge in [-0.05, 0) is 67.3 Å². The lowest BCUT2D eigenvalue weighted by atomic mass is 10.1. The number of hydrogen-bond donors (Lipinski definition) is 3. The summed E-state index contributed by atoms with van der Waals surface area (Å²) in [5.41, 5.74) is 1.10. The molecule has 12 heteroatoms. The fraction of sp³-hybridized carbons (Fsp3) is 0.226. The molecule has 0 aliphatic heterocycles. The quantitative estimate of drug-likeness (QED) is 0.162. The Morgan fingerprint density at radius 2 is 1.70 bits per heavy atom. The van der Waals surface area contributed by atoms with Crippen molar-refractivity contribution < 1.29 is 33.0 Å². The van der Waals surface area contributed by atoms with Crippen molar-refractivity contribution in [3.63, 3.8) is 0 Å². The van der Waals surface area contributed by atoms with E-state index in [0.717, 1.165) is 34.7 Å². The number of anilines is 2. The number of carboxylic acid groups (broad SMARTS) is 1. The highest BCUT2D eigenvalue weighted by atomic mass is 35.5. The SMILES string of the molecule is O=C(O)C(Cc1ccccc1)NC(O)CCCC(=O)N(c1ccc(C(F)(F)F)cc1)c1nccc(-c2cccc(Cl)c2)n1. The molecule has 1 heterocycles. The number of rotatable bonds is 12. The summed E-state index contributed by atoms with van der Waals surface area (Å²) in [5.74, 6) is -1.73. The second-order valence-electron chi connectivity index (χ2n) is 9.68. The number of aromatic nitrogens is 2. The maximum absolute atomic E-state index is 13.5. The van der Waals surface area contributed by atoms with Gasteiger partial charge in [0.05, 0.1) is 16.9 Å². The largest absolute Gasteiger partial charge is 0.480 e. The van der Waals surface area contributed by atoms with Gasteiger partial charge in [0.25, 0.3) is 0 Å². The van der Waals surface area contributed by atoms with Crippen LogP contribution in [0.2, 0.25) is 5.02 Å². The minimum absolute atomic E-state index is 0.0363. The molecule has 4 rings (SSSR count). The number of hydrogen-bond acceptors (Lipinski definition) is 6. The zero-order chi connectivity index (χ0) is 31.0. The van der Waals surface area contributed by atoms with E-state index in [1.165, 1.54) is 6.20 Å². The lowest BCUT2D eigenvalue weighted by molar-refractivity contribution is -0.140. The van der Waals surface area contributed by atoms with Gasteiger partial charge in [-0.3, -0.25) is 14.9 Å². The monoisotopic (exact) mass is 612 g/mol. The van der Waals surface area contributed by atoms with Crippen LogP contribution in [0, 0.1) is 0 Å². The van der Waals surface area contributed by atoms with Gasteiger partial charge in [0, 0.05) is 23.2 Å². The highest BCUT2D eigenvalue weighted by Crippen LogP contribution is 2.33. The molecule has 0 radical (unpaired) electrons. The number of nitrogens with one attached hydrogen (secondary N) is 1. The predicted molar refractivity (Wildman–Crippen MR) is 156 cm³/mol. The van der Waals surface area contributed by atoms with Gasteiger partial charge in [0.2, 0.25) is 11.9 Å². The van der Waals surface area contributed by atoms with E-state index < -0.39 is 35.9 Å². The van der Waals surface area contributed by atoms with Gasteiger partial charge >= 0.3 is 12.1 Å². The number of aliphatic hydroxyl groups excluding tert-OH is 1. The Morgan fingerprint density at radius 3 is 2.35 bits per heavy atom. The minimum Gasteiger partial charge on any atom is -0.480 e. The smallest absolute Gasteiger partial charge is 0.416 e. The summed E-state index contributed by atoms with van der Waals surface area (Å²) in [6.45, 7) is 0. The summed E-state index contributed by atoms with van der Waals surface area (Å²) in [7, 11) is 0. The third-order valence-electron chi connectivity index (χ3n) is 6.51. The van der Waals surface area contributed by atoms with Crippen molar-refractivity contribution >= 4 is 35.1 Å². The highest BCUT2D eigenvalue weighted by molar-refractivity contribution is 6.30. The Bertz CT molecular complexity index is 1540. The molecule has 0 saturated heterocycles. The number of halogens is 4. The molecule has 2 atom stereocenters. The van der Waals surface area contributed by atoms with E-state index in [4.69, 9.17) is 11.6 Å². The van der Waals surface area contributed by atoms with E-state index in [-0.39, 0.29) is 37.3 Å². The predicted octanol–water partition coefficient (Wildman–Crippen LogP) is 6.25. The van der Waals surface area contributed by atoms with Crippen molar-refractivity contribution in [2.24, 2.45) is 0 Å². The van der Waals surface area contributed by atoms with Crippen molar-refractivity contribution in [3.05, 3.63) is 107 Å². The molecule has 1 amide bonds. The first-order valence-corrected chi connectivity index (χ1v) is 13.7. The minimum atomic E-state index is -4.56. The van der Waals surface area contributed by atoms with E-state index in [0.29, 0.717) is 16.3 Å². The Labute approximate surface area is 250 Å². The van der Waals surface area contributed by atoms with E-state index in [2.05, 4.69) is 15.3 Å². The van der Waals surface area contributed by atoms with Crippen LogP contribution in [0.5, 0.6) is 0 Å². The highest BCUT2D eigenvalue weighted by Gasteiger charge is 2.31. The first kappa shape index (κ1) is 31.6. The van der Waals surface area contributed by atoms with Gasteiger partial charge in [0.1, 0.15) is 12.3 Å². The zero-order valence-corrected chi connectivity index (χ0v) is 23.5. The summed E-state index contributed by atoms with van der Waals surface area (Å²) in [6.07, 6.45) is -4.18. The van der Waals surface area contributed by atoms with Crippen molar-refractivity contribution in [2.75, 3.05) is 4.90 Å². The summed E-state index contributed by atoms with van der Waals surface area (Å²) < 4.78 is 39.6. The van der Waals surface area contributed by atoms with E-state index in [1.807, 2.05) is 6.07 Å². The standard InChI is InChI=1S/C31H28ClF3N4O4/c32-23-9-4-8-21(19-23)25-16-17-36-30(38-25)39(24-14-12-22(13-15-24)31(33,34)35)28(41)11-5-10-27(40)37-26(29(42)43)18-20-6-2-1-3-7-20/h1-4,6-9,12-17,19,26-27,37,40H,5,10-11,18H2,(H,42,43). The van der Waals surface area contributed by atoms with E-state index in [9.17, 15) is 33.0 Å². The topological polar surface area (TPSA) is 116 Å². The number of nitrogens with zero attached hydrogens (tertiary/aromatic N) is 3. The number of amides is 1. The third-order valence-corrected chi connectivity index (χ3v) is 6.74. The number of aliphatic carboxylic acids is 1. The maximum Gasteiger partial charge on any atom is 0.416 e. The number of carbonyl (C=O) groups is 2. The summed E-state index contributed by atoms with van der Waals surface area (Å²) in [4.78, 5) is 35.0. The number of alkyl halides is 3. The average Bonchev–Trinajstić information content (AvgIpc) is 2.97. The number of carboxylic acids is 1. The van der Waals surface area contributed by atoms with Crippen molar-refractivity contribution in [3.8, 4) is 11.3 Å². The van der Waals surface area contributed by atoms with E-state index >= 15 is 0 Å². The zero-order valence-electron chi connectivity index (χ0n) is 22.7. The Balaban J connectivity index is 1.50. The maximum atomic E-state index is 13.5. The summed E-state index contributed by atoms with van der Waals surface area (Å²) in [6, 6.07) is 20.4. The fourth-order valence-corrected chi connectivity index (χ4v) is 4.57. The van der Waals surface area contributed by atoms with Gasteiger partial charge in [-0.1, -0.05) is 54.1 Å². The van der Waals surface area contributed by atoms with Crippen molar-refractivity contribution in [2.45, 2.75) is 44.1 Å². The van der Waals surface area contributed by atoms with Crippen LogP contribution < -0.4 is 10.2 Å². The molecule has 0 spiro atoms. The molecule has 0 aliphatic rings. The molecule has 3 aromatic carbocycles. The normalized spacial score (nSPS) is 12.9. The van der Waals surface area contributed by atoms with Gasteiger partial charge < -0.3 is 10.2 Å². The van der Waals surface area contributed by atoms with Crippen LogP contribution in [0.1, 0.15) is 30.4 Å². The first-order valence-electron chi connectivity index (χ1n) is 13.3. The molecular weight excluding hydrogens is 585 g/mol. The van der Waals surface area contributed by atoms with Gasteiger partial charge in [-0.2, -0.15) is 13.2 Å². The first-order chi connectivity index (χ1) is 20.5. The molecule has 3 N–H and O–H groups in total. The van der Waals surface area contributed by atoms with Crippen molar-refractivity contribution in [1.29, 1.82) is 0 Å². The Hall–Kier alpha value is -4.32. The van der Waals surface area contributed by atoms with Crippen LogP contribution >= 0.6 is 11.6 Å². The number of carbonyl (C=O) groups excluding carboxylic acids is 1. The number of aliphatic hydroxyl groups is 1. The lowest BCUT2D eigenvalue weighted by Crippen LogP contribution is -2.44. The van der Waals surface area contributed by atoms with Crippen LogP contribution in [0.15, 0.2) is 91.1 Å². The van der Waals surface area contributed by atoms with Gasteiger partial charge in [-0.15, -0.1) is 0 Å². The second kappa shape index (κ2) is 14.2. The van der Waals surface area contributed by atoms with Crippen LogP contribution in [-0.4, -0.2) is 44.3 Å². The molecule has 43 heavy (non-hydrogen) atoms. The molecule has 224 valence electrons. The van der Waals surface area contributed by atoms with Crippen LogP contribution in [0.4, 0.5) is 24.8 Å². The van der Waals surface area contributed by atoms with Crippen LogP contribution in [0.3, 0.4) is 0 Å². The van der Waals surface area contributed by atoms with Crippen molar-refractivity contribution in [1.82, 2.24) is 15.3 Å². The number of benzene rings is 3. The molecule has 2 unspecified atom stereocenters. The average molecular weight is 613 g/mol. The molecule has 8 nitrogen and oxygen atoms in total. The van der Waals surface area contributed by atoms with Crippen LogP contribution in [0.25, 0.3) is 11.3 Å². The molecule has 0 fully saturated rings. The molecule has 1 aromatic heterocycles. The molecular formula is C31H28ClF3N4O4. The van der Waals surface area contributed by atoms with E-state index in [1.54, 1.807) is 54.6 Å². The second-order valence-corrected chi connectivity index (χ2v) is 10.1. The molecule has 0 aliphatic carbocycles.